The quantitative estimate of drug-likeness (QED) is 0.662. The third kappa shape index (κ3) is 6.38. The van der Waals surface area contributed by atoms with Crippen LogP contribution in [0.2, 0.25) is 0 Å². The van der Waals surface area contributed by atoms with E-state index in [1.54, 1.807) is 6.92 Å². The number of nitrogens with one attached hydrogen (secondary N) is 1. The maximum Gasteiger partial charge on any atom is 0.151 e. The van der Waals surface area contributed by atoms with Crippen molar-refractivity contribution in [3.8, 4) is 0 Å². The first kappa shape index (κ1) is 13.9. The second-order valence-electron chi connectivity index (χ2n) is 4.43. The minimum absolute atomic E-state index is 0.242. The SMILES string of the molecule is CCC(C)(C)CNCCS(=O)(=O)CC. The molecular weight excluding hydrogens is 198 g/mol. The van der Waals surface area contributed by atoms with Crippen molar-refractivity contribution in [1.82, 2.24) is 5.32 Å². The van der Waals surface area contributed by atoms with Crippen LogP contribution in [-0.2, 0) is 9.84 Å². The third-order valence-corrected chi connectivity index (χ3v) is 4.30. The van der Waals surface area contributed by atoms with Crippen LogP contribution in [0, 0.1) is 5.41 Å². The summed E-state index contributed by atoms with van der Waals surface area (Å²) >= 11 is 0. The molecule has 0 fully saturated rings. The van der Waals surface area contributed by atoms with Gasteiger partial charge in [-0.05, 0) is 11.8 Å². The molecule has 4 heteroatoms. The van der Waals surface area contributed by atoms with E-state index in [1.165, 1.54) is 0 Å². The molecular formula is C10H23NO2S. The molecule has 86 valence electrons. The zero-order valence-electron chi connectivity index (χ0n) is 9.76. The summed E-state index contributed by atoms with van der Waals surface area (Å²) in [5.41, 5.74) is 0.260. The highest BCUT2D eigenvalue weighted by atomic mass is 32.2. The lowest BCUT2D eigenvalue weighted by molar-refractivity contribution is 0.332. The summed E-state index contributed by atoms with van der Waals surface area (Å²) in [6, 6.07) is 0. The van der Waals surface area contributed by atoms with Crippen molar-refractivity contribution in [3.63, 3.8) is 0 Å². The van der Waals surface area contributed by atoms with E-state index >= 15 is 0 Å². The van der Waals surface area contributed by atoms with Crippen molar-refractivity contribution >= 4 is 9.84 Å². The topological polar surface area (TPSA) is 46.2 Å². The molecule has 3 nitrogen and oxygen atoms in total. The molecule has 0 aromatic rings. The van der Waals surface area contributed by atoms with Gasteiger partial charge in [-0.3, -0.25) is 0 Å². The Morgan fingerprint density at radius 1 is 1.21 bits per heavy atom. The molecule has 1 N–H and O–H groups in total. The fourth-order valence-electron chi connectivity index (χ4n) is 0.924. The highest BCUT2D eigenvalue weighted by molar-refractivity contribution is 7.91. The van der Waals surface area contributed by atoms with Gasteiger partial charge in [0.1, 0.15) is 0 Å². The van der Waals surface area contributed by atoms with Crippen molar-refractivity contribution in [2.45, 2.75) is 34.1 Å². The Kier molecular flexibility index (Phi) is 5.67. The second-order valence-corrected chi connectivity index (χ2v) is 6.90. The van der Waals surface area contributed by atoms with E-state index in [-0.39, 0.29) is 16.9 Å². The van der Waals surface area contributed by atoms with Crippen LogP contribution in [0.5, 0.6) is 0 Å². The molecule has 0 saturated carbocycles. The molecule has 0 aliphatic rings. The Labute approximate surface area is 88.2 Å². The van der Waals surface area contributed by atoms with Gasteiger partial charge < -0.3 is 5.32 Å². The monoisotopic (exact) mass is 221 g/mol. The molecule has 14 heavy (non-hydrogen) atoms. The van der Waals surface area contributed by atoms with Crippen molar-refractivity contribution < 1.29 is 8.42 Å². The first-order valence-electron chi connectivity index (χ1n) is 5.24. The normalized spacial score (nSPS) is 13.1. The van der Waals surface area contributed by atoms with Crippen LogP contribution in [-0.4, -0.2) is 33.0 Å². The fourth-order valence-corrected chi connectivity index (χ4v) is 1.67. The van der Waals surface area contributed by atoms with Crippen molar-refractivity contribution in [2.24, 2.45) is 5.41 Å². The fraction of sp³-hybridized carbons (Fsp3) is 1.00. The van der Waals surface area contributed by atoms with Gasteiger partial charge in [-0.1, -0.05) is 27.7 Å². The van der Waals surface area contributed by atoms with Gasteiger partial charge in [-0.2, -0.15) is 0 Å². The molecule has 0 aliphatic heterocycles. The lowest BCUT2D eigenvalue weighted by Gasteiger charge is -2.22. The van der Waals surface area contributed by atoms with E-state index < -0.39 is 9.84 Å². The van der Waals surface area contributed by atoms with Gasteiger partial charge in [0.05, 0.1) is 5.75 Å². The third-order valence-electron chi connectivity index (χ3n) is 2.59. The number of hydrogen-bond acceptors (Lipinski definition) is 3. The van der Waals surface area contributed by atoms with Crippen LogP contribution in [0.4, 0.5) is 0 Å². The van der Waals surface area contributed by atoms with Crippen LogP contribution in [0.15, 0.2) is 0 Å². The largest absolute Gasteiger partial charge is 0.315 e. The summed E-state index contributed by atoms with van der Waals surface area (Å²) in [6.07, 6.45) is 1.10. The summed E-state index contributed by atoms with van der Waals surface area (Å²) in [7, 11) is -2.81. The van der Waals surface area contributed by atoms with Gasteiger partial charge in [0.15, 0.2) is 9.84 Å². The van der Waals surface area contributed by atoms with Gasteiger partial charge in [0, 0.05) is 18.8 Å². The number of hydrogen-bond donors (Lipinski definition) is 1. The van der Waals surface area contributed by atoms with Crippen molar-refractivity contribution in [2.75, 3.05) is 24.6 Å². The van der Waals surface area contributed by atoms with Gasteiger partial charge >= 0.3 is 0 Å². The van der Waals surface area contributed by atoms with Crippen molar-refractivity contribution in [1.29, 1.82) is 0 Å². The average Bonchev–Trinajstić information content (AvgIpc) is 2.13. The summed E-state index contributed by atoms with van der Waals surface area (Å²) < 4.78 is 22.3. The minimum atomic E-state index is -2.81. The zero-order chi connectivity index (χ0) is 11.2. The van der Waals surface area contributed by atoms with Crippen LogP contribution in [0.3, 0.4) is 0 Å². The maximum absolute atomic E-state index is 11.2. The number of sulfone groups is 1. The van der Waals surface area contributed by atoms with Crippen LogP contribution in [0.25, 0.3) is 0 Å². The molecule has 0 heterocycles. The Bertz CT molecular complexity index is 245. The Balaban J connectivity index is 3.68. The summed E-state index contributed by atoms with van der Waals surface area (Å²) in [5, 5.41) is 3.19. The van der Waals surface area contributed by atoms with Gasteiger partial charge in [0.2, 0.25) is 0 Å². The standard InChI is InChI=1S/C10H23NO2S/c1-5-10(3,4)9-11-7-8-14(12,13)6-2/h11H,5-9H2,1-4H3. The molecule has 0 atom stereocenters. The summed E-state index contributed by atoms with van der Waals surface area (Å²) in [6.45, 7) is 9.63. The van der Waals surface area contributed by atoms with E-state index in [9.17, 15) is 8.42 Å². The molecule has 0 aromatic heterocycles. The first-order chi connectivity index (χ1) is 6.33. The summed E-state index contributed by atoms with van der Waals surface area (Å²) in [4.78, 5) is 0. The lowest BCUT2D eigenvalue weighted by atomic mass is 9.90. The molecule has 0 amide bonds. The van der Waals surface area contributed by atoms with E-state index in [0.717, 1.165) is 13.0 Å². The predicted molar refractivity (Wildman–Crippen MR) is 61.3 cm³/mol. The Morgan fingerprint density at radius 2 is 1.79 bits per heavy atom. The zero-order valence-corrected chi connectivity index (χ0v) is 10.6. The average molecular weight is 221 g/mol. The molecule has 0 spiro atoms. The van der Waals surface area contributed by atoms with Gasteiger partial charge in [-0.25, -0.2) is 8.42 Å². The van der Waals surface area contributed by atoms with Crippen LogP contribution < -0.4 is 5.32 Å². The minimum Gasteiger partial charge on any atom is -0.315 e. The Morgan fingerprint density at radius 3 is 2.21 bits per heavy atom. The summed E-state index contributed by atoms with van der Waals surface area (Å²) in [5.74, 6) is 0.495. The van der Waals surface area contributed by atoms with E-state index in [4.69, 9.17) is 0 Å². The first-order valence-corrected chi connectivity index (χ1v) is 7.06. The van der Waals surface area contributed by atoms with E-state index in [1.807, 2.05) is 0 Å². The van der Waals surface area contributed by atoms with E-state index in [2.05, 4.69) is 26.1 Å². The Hall–Kier alpha value is -0.0900. The van der Waals surface area contributed by atoms with Crippen LogP contribution >= 0.6 is 0 Å². The molecule has 0 rings (SSSR count). The highest BCUT2D eigenvalue weighted by Crippen LogP contribution is 2.17. The molecule has 0 aromatic carbocycles. The molecule has 0 unspecified atom stereocenters. The van der Waals surface area contributed by atoms with E-state index in [0.29, 0.717) is 6.54 Å². The lowest BCUT2D eigenvalue weighted by Crippen LogP contribution is -2.32. The van der Waals surface area contributed by atoms with Gasteiger partial charge in [-0.15, -0.1) is 0 Å². The van der Waals surface area contributed by atoms with Gasteiger partial charge in [0.25, 0.3) is 0 Å². The smallest absolute Gasteiger partial charge is 0.151 e. The highest BCUT2D eigenvalue weighted by Gasteiger charge is 2.14. The maximum atomic E-state index is 11.2. The van der Waals surface area contributed by atoms with Crippen molar-refractivity contribution in [3.05, 3.63) is 0 Å². The second kappa shape index (κ2) is 5.71. The molecule has 0 radical (unpaired) electrons. The van der Waals surface area contributed by atoms with Crippen LogP contribution in [0.1, 0.15) is 34.1 Å². The molecule has 0 bridgehead atoms. The molecule has 0 saturated heterocycles. The predicted octanol–water partition coefficient (Wildman–Crippen LogP) is 1.45. The number of rotatable bonds is 7. The molecule has 0 aliphatic carbocycles.